The van der Waals surface area contributed by atoms with Crippen molar-refractivity contribution in [3.63, 3.8) is 0 Å². The zero-order valence-corrected chi connectivity index (χ0v) is 11.4. The van der Waals surface area contributed by atoms with E-state index >= 15 is 0 Å². The molecule has 1 aromatic heterocycles. The molecule has 1 aliphatic heterocycles. The molecule has 1 aromatic rings. The summed E-state index contributed by atoms with van der Waals surface area (Å²) in [7, 11) is 3.98. The van der Waals surface area contributed by atoms with Crippen LogP contribution in [-0.2, 0) is 18.2 Å². The van der Waals surface area contributed by atoms with E-state index < -0.39 is 0 Å². The molecular weight excluding hydrogens is 234 g/mol. The quantitative estimate of drug-likeness (QED) is 0.854. The Hall–Kier alpha value is -0.520. The van der Waals surface area contributed by atoms with E-state index in [1.807, 2.05) is 36.7 Å². The maximum absolute atomic E-state index is 5.82. The molecule has 0 aromatic carbocycles. The first-order valence-corrected chi connectivity index (χ1v) is 7.29. The lowest BCUT2D eigenvalue weighted by molar-refractivity contribution is 0.0470. The second-order valence-corrected chi connectivity index (χ2v) is 5.59. The second kappa shape index (κ2) is 6.42. The summed E-state index contributed by atoms with van der Waals surface area (Å²) in [5, 5.41) is 7.58. The molecule has 1 aliphatic rings. The number of thioether (sulfide) groups is 1. The summed E-state index contributed by atoms with van der Waals surface area (Å²) in [5.41, 5.74) is 1.30. The molecule has 2 heterocycles. The lowest BCUT2D eigenvalue weighted by atomic mass is 10.0. The van der Waals surface area contributed by atoms with E-state index in [1.54, 1.807) is 0 Å². The van der Waals surface area contributed by atoms with E-state index in [4.69, 9.17) is 4.74 Å². The fraction of sp³-hybridized carbons (Fsp3) is 0.750. The maximum atomic E-state index is 5.82. The monoisotopic (exact) mass is 255 g/mol. The number of nitrogens with zero attached hydrogens (tertiary/aromatic N) is 2. The van der Waals surface area contributed by atoms with Crippen molar-refractivity contribution >= 4 is 11.8 Å². The molecular formula is C12H21N3OS. The maximum Gasteiger partial charge on any atom is 0.0818 e. The standard InChI is InChI=1S/C12H21N3OS/c1-13-11(12-9-17-6-5-16-12)4-3-10-7-14-15(2)8-10/h7-8,11-13H,3-6,9H2,1-2H3. The third-order valence-corrected chi connectivity index (χ3v) is 4.18. The number of rotatable bonds is 5. The van der Waals surface area contributed by atoms with Crippen LogP contribution in [0.15, 0.2) is 12.4 Å². The Bertz CT molecular complexity index is 336. The van der Waals surface area contributed by atoms with Crippen molar-refractivity contribution in [2.24, 2.45) is 7.05 Å². The summed E-state index contributed by atoms with van der Waals surface area (Å²) in [6, 6.07) is 0.447. The average Bonchev–Trinajstić information content (AvgIpc) is 2.77. The van der Waals surface area contributed by atoms with Crippen LogP contribution >= 0.6 is 11.8 Å². The van der Waals surface area contributed by atoms with Gasteiger partial charge in [0, 0.05) is 30.8 Å². The molecule has 1 N–H and O–H groups in total. The fourth-order valence-corrected chi connectivity index (χ4v) is 3.12. The lowest BCUT2D eigenvalue weighted by Gasteiger charge is -2.29. The van der Waals surface area contributed by atoms with Gasteiger partial charge in [-0.3, -0.25) is 4.68 Å². The van der Waals surface area contributed by atoms with Crippen molar-refractivity contribution < 1.29 is 4.74 Å². The number of hydrogen-bond acceptors (Lipinski definition) is 4. The zero-order valence-electron chi connectivity index (χ0n) is 10.6. The minimum atomic E-state index is 0.357. The van der Waals surface area contributed by atoms with Crippen molar-refractivity contribution in [3.05, 3.63) is 18.0 Å². The lowest BCUT2D eigenvalue weighted by Crippen LogP contribution is -2.43. The Labute approximate surface area is 107 Å². The first-order chi connectivity index (χ1) is 8.29. The van der Waals surface area contributed by atoms with Crippen LogP contribution in [0, 0.1) is 0 Å². The SMILES string of the molecule is CNC(CCc1cnn(C)c1)C1CSCCO1. The first kappa shape index (κ1) is 12.9. The number of aromatic nitrogens is 2. The van der Waals surface area contributed by atoms with Gasteiger partial charge in [0.2, 0.25) is 0 Å². The third kappa shape index (κ3) is 3.72. The van der Waals surface area contributed by atoms with Gasteiger partial charge in [-0.1, -0.05) is 0 Å². The number of ether oxygens (including phenoxy) is 1. The van der Waals surface area contributed by atoms with E-state index in [2.05, 4.69) is 16.6 Å². The highest BCUT2D eigenvalue weighted by Gasteiger charge is 2.23. The van der Waals surface area contributed by atoms with Crippen LogP contribution in [-0.4, -0.2) is 47.1 Å². The molecule has 0 bridgehead atoms. The molecule has 5 heteroatoms. The Morgan fingerprint density at radius 3 is 3.18 bits per heavy atom. The minimum absolute atomic E-state index is 0.357. The van der Waals surface area contributed by atoms with Gasteiger partial charge in [0.05, 0.1) is 18.9 Å². The number of nitrogens with one attached hydrogen (secondary N) is 1. The molecule has 0 spiro atoms. The molecule has 0 amide bonds. The van der Waals surface area contributed by atoms with Crippen molar-refractivity contribution in [2.45, 2.75) is 25.0 Å². The molecule has 0 aliphatic carbocycles. The summed E-state index contributed by atoms with van der Waals surface area (Å²) < 4.78 is 7.68. The summed E-state index contributed by atoms with van der Waals surface area (Å²) in [6.45, 7) is 0.889. The highest BCUT2D eigenvalue weighted by atomic mass is 32.2. The number of likely N-dealkylation sites (N-methyl/N-ethyl adjacent to an activating group) is 1. The number of aryl methyl sites for hydroxylation is 2. The zero-order chi connectivity index (χ0) is 12.1. The molecule has 2 rings (SSSR count). The summed E-state index contributed by atoms with van der Waals surface area (Å²) in [6.07, 6.45) is 6.55. The molecule has 1 saturated heterocycles. The largest absolute Gasteiger partial charge is 0.375 e. The van der Waals surface area contributed by atoms with Crippen molar-refractivity contribution in [1.82, 2.24) is 15.1 Å². The first-order valence-electron chi connectivity index (χ1n) is 6.13. The highest BCUT2D eigenvalue weighted by molar-refractivity contribution is 7.99. The smallest absolute Gasteiger partial charge is 0.0818 e. The van der Waals surface area contributed by atoms with E-state index in [0.717, 1.165) is 31.0 Å². The van der Waals surface area contributed by atoms with Crippen LogP contribution in [0.2, 0.25) is 0 Å². The van der Waals surface area contributed by atoms with Crippen LogP contribution in [0.25, 0.3) is 0 Å². The normalized spacial score (nSPS) is 22.6. The molecule has 0 radical (unpaired) electrons. The third-order valence-electron chi connectivity index (χ3n) is 3.16. The van der Waals surface area contributed by atoms with Crippen LogP contribution in [0.4, 0.5) is 0 Å². The van der Waals surface area contributed by atoms with Crippen LogP contribution in [0.5, 0.6) is 0 Å². The Kier molecular flexibility index (Phi) is 4.88. The van der Waals surface area contributed by atoms with Crippen LogP contribution in [0.1, 0.15) is 12.0 Å². The van der Waals surface area contributed by atoms with Gasteiger partial charge in [-0.25, -0.2) is 0 Å². The fourth-order valence-electron chi connectivity index (χ4n) is 2.18. The predicted octanol–water partition coefficient (Wildman–Crippen LogP) is 1.07. The minimum Gasteiger partial charge on any atom is -0.375 e. The van der Waals surface area contributed by atoms with Gasteiger partial charge in [-0.15, -0.1) is 0 Å². The average molecular weight is 255 g/mol. The molecule has 0 saturated carbocycles. The van der Waals surface area contributed by atoms with Gasteiger partial charge in [-0.2, -0.15) is 16.9 Å². The van der Waals surface area contributed by atoms with Crippen LogP contribution < -0.4 is 5.32 Å². The van der Waals surface area contributed by atoms with Gasteiger partial charge in [0.1, 0.15) is 0 Å². The Morgan fingerprint density at radius 1 is 1.71 bits per heavy atom. The Balaban J connectivity index is 1.82. The van der Waals surface area contributed by atoms with Crippen LogP contribution in [0.3, 0.4) is 0 Å². The molecule has 17 heavy (non-hydrogen) atoms. The van der Waals surface area contributed by atoms with Gasteiger partial charge < -0.3 is 10.1 Å². The second-order valence-electron chi connectivity index (χ2n) is 4.44. The summed E-state index contributed by atoms with van der Waals surface area (Å²) in [4.78, 5) is 0. The Morgan fingerprint density at radius 2 is 2.59 bits per heavy atom. The predicted molar refractivity (Wildman–Crippen MR) is 71.4 cm³/mol. The van der Waals surface area contributed by atoms with Crippen molar-refractivity contribution in [2.75, 3.05) is 25.2 Å². The van der Waals surface area contributed by atoms with Gasteiger partial charge >= 0.3 is 0 Å². The molecule has 4 nitrogen and oxygen atoms in total. The van der Waals surface area contributed by atoms with Gasteiger partial charge in [-0.05, 0) is 25.5 Å². The summed E-state index contributed by atoms with van der Waals surface area (Å²) in [5.74, 6) is 2.24. The van der Waals surface area contributed by atoms with E-state index in [9.17, 15) is 0 Å². The summed E-state index contributed by atoms with van der Waals surface area (Å²) >= 11 is 1.99. The molecule has 1 fully saturated rings. The van der Waals surface area contributed by atoms with E-state index in [-0.39, 0.29) is 0 Å². The molecule has 2 unspecified atom stereocenters. The van der Waals surface area contributed by atoms with E-state index in [0.29, 0.717) is 12.1 Å². The number of hydrogen-bond donors (Lipinski definition) is 1. The van der Waals surface area contributed by atoms with Gasteiger partial charge in [0.25, 0.3) is 0 Å². The van der Waals surface area contributed by atoms with Crippen molar-refractivity contribution in [3.8, 4) is 0 Å². The molecule has 96 valence electrons. The van der Waals surface area contributed by atoms with Crippen molar-refractivity contribution in [1.29, 1.82) is 0 Å². The highest BCUT2D eigenvalue weighted by Crippen LogP contribution is 2.18. The topological polar surface area (TPSA) is 39.1 Å². The van der Waals surface area contributed by atoms with E-state index in [1.165, 1.54) is 5.56 Å². The van der Waals surface area contributed by atoms with Gasteiger partial charge in [0.15, 0.2) is 0 Å². The molecule has 2 atom stereocenters.